The molecular formula is C16H20F3NO. The fourth-order valence-electron chi connectivity index (χ4n) is 3.72. The van der Waals surface area contributed by atoms with E-state index in [2.05, 4.69) is 4.90 Å². The number of hydrogen-bond donors (Lipinski definition) is 1. The van der Waals surface area contributed by atoms with Crippen molar-refractivity contribution < 1.29 is 18.3 Å². The van der Waals surface area contributed by atoms with E-state index in [0.717, 1.165) is 30.4 Å². The Labute approximate surface area is 122 Å². The van der Waals surface area contributed by atoms with E-state index in [1.165, 1.54) is 0 Å². The molecule has 21 heavy (non-hydrogen) atoms. The van der Waals surface area contributed by atoms with Gasteiger partial charge in [0.05, 0.1) is 5.92 Å². The number of benzene rings is 1. The van der Waals surface area contributed by atoms with Gasteiger partial charge in [-0.2, -0.15) is 13.2 Å². The van der Waals surface area contributed by atoms with E-state index in [-0.39, 0.29) is 18.9 Å². The van der Waals surface area contributed by atoms with Crippen molar-refractivity contribution >= 4 is 0 Å². The summed E-state index contributed by atoms with van der Waals surface area (Å²) in [6.45, 7) is 0.980. The highest BCUT2D eigenvalue weighted by molar-refractivity contribution is 5.42. The van der Waals surface area contributed by atoms with Crippen molar-refractivity contribution in [3.63, 3.8) is 0 Å². The molecule has 1 heterocycles. The molecule has 2 nitrogen and oxygen atoms in total. The van der Waals surface area contributed by atoms with Crippen LogP contribution >= 0.6 is 0 Å². The number of aromatic hydroxyl groups is 1. The van der Waals surface area contributed by atoms with Crippen LogP contribution in [0.1, 0.15) is 42.9 Å². The number of phenols is 1. The molecule has 1 unspecified atom stereocenters. The predicted molar refractivity (Wildman–Crippen MR) is 74.1 cm³/mol. The molecule has 1 aliphatic carbocycles. The molecule has 1 aliphatic heterocycles. The van der Waals surface area contributed by atoms with Gasteiger partial charge in [0.25, 0.3) is 0 Å². The molecule has 1 fully saturated rings. The van der Waals surface area contributed by atoms with Crippen LogP contribution in [0, 0.1) is 5.92 Å². The molecule has 2 aliphatic rings. The van der Waals surface area contributed by atoms with Crippen LogP contribution in [-0.4, -0.2) is 29.3 Å². The summed E-state index contributed by atoms with van der Waals surface area (Å²) in [7, 11) is 0. The first-order valence-corrected chi connectivity index (χ1v) is 7.58. The second-order valence-electron chi connectivity index (χ2n) is 6.10. The number of likely N-dealkylation sites (tertiary alicyclic amines) is 1. The van der Waals surface area contributed by atoms with Crippen LogP contribution in [0.15, 0.2) is 18.2 Å². The maximum atomic E-state index is 12.8. The van der Waals surface area contributed by atoms with Crippen molar-refractivity contribution in [2.75, 3.05) is 13.1 Å². The van der Waals surface area contributed by atoms with Gasteiger partial charge in [0.15, 0.2) is 0 Å². The first kappa shape index (κ1) is 14.7. The zero-order valence-corrected chi connectivity index (χ0v) is 11.9. The largest absolute Gasteiger partial charge is 0.508 e. The Morgan fingerprint density at radius 2 is 1.81 bits per heavy atom. The molecule has 1 saturated heterocycles. The Morgan fingerprint density at radius 1 is 1.10 bits per heavy atom. The van der Waals surface area contributed by atoms with Crippen LogP contribution in [0.2, 0.25) is 0 Å². The van der Waals surface area contributed by atoms with E-state index in [4.69, 9.17) is 0 Å². The van der Waals surface area contributed by atoms with E-state index in [1.807, 2.05) is 12.1 Å². The molecule has 1 N–H and O–H groups in total. The summed E-state index contributed by atoms with van der Waals surface area (Å²) in [5.74, 6) is -0.830. The second-order valence-corrected chi connectivity index (χ2v) is 6.10. The third-order valence-corrected chi connectivity index (χ3v) is 4.88. The normalized spacial score (nSPS) is 24.8. The van der Waals surface area contributed by atoms with Crippen LogP contribution in [0.3, 0.4) is 0 Å². The number of piperidine rings is 1. The summed E-state index contributed by atoms with van der Waals surface area (Å²) in [4.78, 5) is 2.17. The molecule has 0 radical (unpaired) electrons. The quantitative estimate of drug-likeness (QED) is 0.846. The molecule has 5 heteroatoms. The average molecular weight is 299 g/mol. The van der Waals surface area contributed by atoms with Gasteiger partial charge in [0.1, 0.15) is 5.75 Å². The van der Waals surface area contributed by atoms with Crippen LogP contribution in [0.4, 0.5) is 13.2 Å². The van der Waals surface area contributed by atoms with Crippen LogP contribution in [0.5, 0.6) is 5.75 Å². The molecule has 3 rings (SSSR count). The summed E-state index contributed by atoms with van der Waals surface area (Å²) in [5.41, 5.74) is 2.08. The lowest BCUT2D eigenvalue weighted by molar-refractivity contribution is -0.186. The molecule has 0 spiro atoms. The van der Waals surface area contributed by atoms with Crippen LogP contribution in [-0.2, 0) is 6.42 Å². The molecule has 116 valence electrons. The van der Waals surface area contributed by atoms with Crippen molar-refractivity contribution in [3.05, 3.63) is 29.3 Å². The molecule has 0 saturated carbocycles. The van der Waals surface area contributed by atoms with Gasteiger partial charge >= 0.3 is 6.18 Å². The fourth-order valence-corrected chi connectivity index (χ4v) is 3.72. The first-order chi connectivity index (χ1) is 9.97. The molecule has 1 aromatic carbocycles. The van der Waals surface area contributed by atoms with Gasteiger partial charge in [0, 0.05) is 6.04 Å². The monoisotopic (exact) mass is 299 g/mol. The minimum Gasteiger partial charge on any atom is -0.508 e. The zero-order valence-electron chi connectivity index (χ0n) is 11.9. The predicted octanol–water partition coefficient (Wildman–Crippen LogP) is 4.04. The summed E-state index contributed by atoms with van der Waals surface area (Å²) >= 11 is 0. The Kier molecular flexibility index (Phi) is 3.86. The van der Waals surface area contributed by atoms with E-state index in [1.54, 1.807) is 6.07 Å². The Balaban J connectivity index is 1.74. The summed E-state index contributed by atoms with van der Waals surface area (Å²) in [6, 6.07) is 5.69. The van der Waals surface area contributed by atoms with Gasteiger partial charge in [-0.1, -0.05) is 12.1 Å². The molecule has 0 aromatic heterocycles. The highest BCUT2D eigenvalue weighted by atomic mass is 19.4. The number of alkyl halides is 3. The minimum atomic E-state index is -4.06. The van der Waals surface area contributed by atoms with Crippen molar-refractivity contribution in [2.24, 2.45) is 5.92 Å². The topological polar surface area (TPSA) is 23.5 Å². The van der Waals surface area contributed by atoms with Crippen LogP contribution in [0.25, 0.3) is 0 Å². The van der Waals surface area contributed by atoms with Gasteiger partial charge in [-0.25, -0.2) is 0 Å². The molecule has 0 amide bonds. The second kappa shape index (κ2) is 5.52. The number of nitrogens with zero attached hydrogens (tertiary/aromatic N) is 1. The van der Waals surface area contributed by atoms with E-state index >= 15 is 0 Å². The first-order valence-electron chi connectivity index (χ1n) is 7.58. The standard InChI is InChI=1S/C16H20F3NO/c17-16(18,19)11-7-9-20(10-8-11)14-5-1-4-13-12(14)3-2-6-15(13)21/h2-3,6,11,14,21H,1,4-5,7-10H2. The Morgan fingerprint density at radius 3 is 2.48 bits per heavy atom. The zero-order chi connectivity index (χ0) is 15.0. The SMILES string of the molecule is Oc1cccc2c1CCCC2N1CCC(C(F)(F)F)CC1. The lowest BCUT2D eigenvalue weighted by Gasteiger charge is -2.40. The third-order valence-electron chi connectivity index (χ3n) is 4.88. The maximum Gasteiger partial charge on any atom is 0.391 e. The maximum absolute atomic E-state index is 12.8. The average Bonchev–Trinajstić information content (AvgIpc) is 2.46. The lowest BCUT2D eigenvalue weighted by Crippen LogP contribution is -2.41. The van der Waals surface area contributed by atoms with E-state index in [9.17, 15) is 18.3 Å². The van der Waals surface area contributed by atoms with Crippen molar-refractivity contribution in [3.8, 4) is 5.75 Å². The molecule has 0 bridgehead atoms. The van der Waals surface area contributed by atoms with Gasteiger partial charge in [0.2, 0.25) is 0 Å². The molecule has 1 aromatic rings. The summed E-state index contributed by atoms with van der Waals surface area (Å²) < 4.78 is 38.3. The number of phenolic OH excluding ortho intramolecular Hbond substituents is 1. The van der Waals surface area contributed by atoms with E-state index < -0.39 is 12.1 Å². The van der Waals surface area contributed by atoms with E-state index in [0.29, 0.717) is 18.8 Å². The van der Waals surface area contributed by atoms with Crippen molar-refractivity contribution in [2.45, 2.75) is 44.3 Å². The van der Waals surface area contributed by atoms with Gasteiger partial charge < -0.3 is 5.11 Å². The number of halogens is 3. The number of fused-ring (bicyclic) bond motifs is 1. The van der Waals surface area contributed by atoms with Crippen LogP contribution < -0.4 is 0 Å². The van der Waals surface area contributed by atoms with Gasteiger partial charge in [-0.15, -0.1) is 0 Å². The highest BCUT2D eigenvalue weighted by Gasteiger charge is 2.42. The lowest BCUT2D eigenvalue weighted by atomic mass is 9.84. The number of rotatable bonds is 1. The molecule has 1 atom stereocenters. The van der Waals surface area contributed by atoms with Crippen molar-refractivity contribution in [1.82, 2.24) is 4.90 Å². The minimum absolute atomic E-state index is 0.162. The number of hydrogen-bond acceptors (Lipinski definition) is 2. The summed E-state index contributed by atoms with van der Waals surface area (Å²) in [5, 5.41) is 9.95. The fraction of sp³-hybridized carbons (Fsp3) is 0.625. The Hall–Kier alpha value is -1.23. The smallest absolute Gasteiger partial charge is 0.391 e. The highest BCUT2D eigenvalue weighted by Crippen LogP contribution is 2.41. The molecular weight excluding hydrogens is 279 g/mol. The van der Waals surface area contributed by atoms with Gasteiger partial charge in [-0.05, 0) is 62.4 Å². The van der Waals surface area contributed by atoms with Gasteiger partial charge in [-0.3, -0.25) is 4.90 Å². The third kappa shape index (κ3) is 2.89. The Bertz CT molecular complexity index is 507. The summed E-state index contributed by atoms with van der Waals surface area (Å²) in [6.07, 6.45) is -0.879. The van der Waals surface area contributed by atoms with Crippen molar-refractivity contribution in [1.29, 1.82) is 0 Å².